The number of methoxy groups -OCH3 is 1. The normalized spacial score (nSPS) is 16.4. The van der Waals surface area contributed by atoms with E-state index in [-0.39, 0.29) is 17.8 Å². The maximum Gasteiger partial charge on any atom is 0.290 e. The summed E-state index contributed by atoms with van der Waals surface area (Å²) < 4.78 is 5.04. The summed E-state index contributed by atoms with van der Waals surface area (Å²) in [7, 11) is 1.53. The zero-order valence-corrected chi connectivity index (χ0v) is 17.6. The SMILES string of the molecule is COCCCN1C(=O)C(O)=C(C(=O)c2sc(C)nc2C)C1c1cccc([N+](=O)[O-])c1. The Morgan fingerprint density at radius 1 is 1.40 bits per heavy atom. The molecule has 3 rings (SSSR count). The van der Waals surface area contributed by atoms with Crippen molar-refractivity contribution in [2.24, 2.45) is 0 Å². The van der Waals surface area contributed by atoms with E-state index in [0.717, 1.165) is 0 Å². The van der Waals surface area contributed by atoms with Crippen LogP contribution in [0.25, 0.3) is 0 Å². The Balaban J connectivity index is 2.11. The number of aromatic nitrogens is 1. The van der Waals surface area contributed by atoms with Gasteiger partial charge in [-0.05, 0) is 25.8 Å². The number of benzene rings is 1. The van der Waals surface area contributed by atoms with Gasteiger partial charge in [0, 0.05) is 32.4 Å². The van der Waals surface area contributed by atoms with Gasteiger partial charge in [-0.15, -0.1) is 11.3 Å². The minimum Gasteiger partial charge on any atom is -0.503 e. The lowest BCUT2D eigenvalue weighted by Crippen LogP contribution is -2.32. The molecule has 1 atom stereocenters. The number of nitro benzene ring substituents is 1. The topological polar surface area (TPSA) is 123 Å². The van der Waals surface area contributed by atoms with Gasteiger partial charge in [0.25, 0.3) is 11.6 Å². The number of aryl methyl sites for hydroxylation is 2. The number of ketones is 1. The summed E-state index contributed by atoms with van der Waals surface area (Å²) in [5, 5.41) is 22.5. The number of ether oxygens (including phenoxy) is 1. The van der Waals surface area contributed by atoms with Gasteiger partial charge in [0.05, 0.1) is 32.1 Å². The summed E-state index contributed by atoms with van der Waals surface area (Å²) in [6.07, 6.45) is 0.473. The summed E-state index contributed by atoms with van der Waals surface area (Å²) in [6.45, 7) is 4.03. The lowest BCUT2D eigenvalue weighted by atomic mass is 9.94. The summed E-state index contributed by atoms with van der Waals surface area (Å²) in [5.41, 5.74) is 0.622. The van der Waals surface area contributed by atoms with E-state index in [4.69, 9.17) is 4.74 Å². The monoisotopic (exact) mass is 431 g/mol. The second-order valence-corrected chi connectivity index (χ2v) is 8.04. The van der Waals surface area contributed by atoms with Gasteiger partial charge in [0.1, 0.15) is 0 Å². The molecule has 1 N–H and O–H groups in total. The Kier molecular flexibility index (Phi) is 6.28. The number of Topliss-reactive ketones (excluding diaryl/α,β-unsaturated/α-hetero) is 1. The lowest BCUT2D eigenvalue weighted by molar-refractivity contribution is -0.384. The minimum absolute atomic E-state index is 0.0929. The number of aliphatic hydroxyl groups is 1. The van der Waals surface area contributed by atoms with E-state index in [1.807, 2.05) is 0 Å². The zero-order valence-electron chi connectivity index (χ0n) is 16.7. The van der Waals surface area contributed by atoms with Crippen LogP contribution in [0.1, 0.15) is 38.4 Å². The number of amides is 1. The molecule has 10 heteroatoms. The third kappa shape index (κ3) is 3.96. The molecule has 0 aliphatic carbocycles. The van der Waals surface area contributed by atoms with E-state index in [9.17, 15) is 24.8 Å². The number of nitrogens with zero attached hydrogens (tertiary/aromatic N) is 3. The molecule has 0 saturated carbocycles. The quantitative estimate of drug-likeness (QED) is 0.294. The molecule has 1 aromatic heterocycles. The third-order valence-corrected chi connectivity index (χ3v) is 5.87. The molecule has 9 nitrogen and oxygen atoms in total. The van der Waals surface area contributed by atoms with Gasteiger partial charge in [-0.1, -0.05) is 12.1 Å². The minimum atomic E-state index is -0.941. The number of carbonyl (C=O) groups is 2. The van der Waals surface area contributed by atoms with Crippen LogP contribution in [0.4, 0.5) is 5.69 Å². The van der Waals surface area contributed by atoms with Crippen molar-refractivity contribution in [1.82, 2.24) is 9.88 Å². The number of carbonyl (C=O) groups excluding carboxylic acids is 2. The maximum absolute atomic E-state index is 13.3. The molecule has 0 spiro atoms. The predicted molar refractivity (Wildman–Crippen MR) is 110 cm³/mol. The van der Waals surface area contributed by atoms with E-state index in [1.54, 1.807) is 19.9 Å². The van der Waals surface area contributed by atoms with E-state index < -0.39 is 28.4 Å². The van der Waals surface area contributed by atoms with Crippen molar-refractivity contribution in [3.63, 3.8) is 0 Å². The standard InChI is InChI=1S/C20H21N3O6S/c1-11-19(30-12(2)21-11)17(24)15-16(13-6-4-7-14(10-13)23(27)28)22(8-5-9-29-3)20(26)18(15)25/h4,6-7,10,16,25H,5,8-9H2,1-3H3. The Labute approximate surface area is 176 Å². The maximum atomic E-state index is 13.3. The van der Waals surface area contributed by atoms with Crippen LogP contribution in [0.2, 0.25) is 0 Å². The largest absolute Gasteiger partial charge is 0.503 e. The first-order chi connectivity index (χ1) is 14.3. The second kappa shape index (κ2) is 8.72. The molecule has 0 radical (unpaired) electrons. The van der Waals surface area contributed by atoms with Crippen LogP contribution in [0.3, 0.4) is 0 Å². The molecule has 1 aromatic carbocycles. The van der Waals surface area contributed by atoms with Gasteiger partial charge in [-0.3, -0.25) is 19.7 Å². The molecular weight excluding hydrogens is 410 g/mol. The summed E-state index contributed by atoms with van der Waals surface area (Å²) >= 11 is 1.18. The molecule has 30 heavy (non-hydrogen) atoms. The summed E-state index contributed by atoms with van der Waals surface area (Å²) in [5.74, 6) is -1.83. The van der Waals surface area contributed by atoms with Crippen LogP contribution in [0, 0.1) is 24.0 Å². The van der Waals surface area contributed by atoms with Crippen LogP contribution in [-0.2, 0) is 9.53 Å². The molecule has 0 saturated heterocycles. The first kappa shape index (κ1) is 21.6. The van der Waals surface area contributed by atoms with Gasteiger partial charge in [0.2, 0.25) is 5.78 Å². The number of hydrogen-bond donors (Lipinski definition) is 1. The average Bonchev–Trinajstić information content (AvgIpc) is 3.18. The average molecular weight is 431 g/mol. The summed E-state index contributed by atoms with van der Waals surface area (Å²) in [4.78, 5) is 42.8. The zero-order chi connectivity index (χ0) is 22.0. The van der Waals surface area contributed by atoms with Crippen molar-refractivity contribution >= 4 is 28.7 Å². The highest BCUT2D eigenvalue weighted by Crippen LogP contribution is 2.40. The van der Waals surface area contributed by atoms with E-state index >= 15 is 0 Å². The van der Waals surface area contributed by atoms with Crippen LogP contribution < -0.4 is 0 Å². The molecule has 1 amide bonds. The number of thiazole rings is 1. The molecule has 0 fully saturated rings. The molecular formula is C20H21N3O6S. The van der Waals surface area contributed by atoms with E-state index in [1.165, 1.54) is 41.5 Å². The van der Waals surface area contributed by atoms with Gasteiger partial charge in [0.15, 0.2) is 5.76 Å². The van der Waals surface area contributed by atoms with Crippen LogP contribution in [0.5, 0.6) is 0 Å². The number of non-ortho nitro benzene ring substituents is 1. The molecule has 2 aromatic rings. The first-order valence-corrected chi connectivity index (χ1v) is 10.0. The van der Waals surface area contributed by atoms with Crippen molar-refractivity contribution in [2.75, 3.05) is 20.3 Å². The number of nitro groups is 1. The fourth-order valence-electron chi connectivity index (χ4n) is 3.51. The van der Waals surface area contributed by atoms with Crippen molar-refractivity contribution in [3.8, 4) is 0 Å². The number of aliphatic hydroxyl groups excluding tert-OH is 1. The first-order valence-electron chi connectivity index (χ1n) is 9.22. The van der Waals surface area contributed by atoms with Gasteiger partial charge in [-0.25, -0.2) is 4.98 Å². The molecule has 158 valence electrons. The van der Waals surface area contributed by atoms with Crippen molar-refractivity contribution in [1.29, 1.82) is 0 Å². The van der Waals surface area contributed by atoms with Crippen molar-refractivity contribution < 1.29 is 24.4 Å². The highest BCUT2D eigenvalue weighted by atomic mass is 32.1. The fourth-order valence-corrected chi connectivity index (χ4v) is 4.39. The molecule has 1 aliphatic rings. The third-order valence-electron chi connectivity index (χ3n) is 4.80. The van der Waals surface area contributed by atoms with Crippen molar-refractivity contribution in [3.05, 3.63) is 66.9 Å². The van der Waals surface area contributed by atoms with Crippen LogP contribution in [0.15, 0.2) is 35.6 Å². The number of hydrogen-bond acceptors (Lipinski definition) is 8. The Bertz CT molecular complexity index is 1040. The van der Waals surface area contributed by atoms with E-state index in [2.05, 4.69) is 4.98 Å². The number of rotatable bonds is 8. The van der Waals surface area contributed by atoms with Gasteiger partial charge < -0.3 is 14.7 Å². The molecule has 0 bridgehead atoms. The highest BCUT2D eigenvalue weighted by molar-refractivity contribution is 7.14. The second-order valence-electron chi connectivity index (χ2n) is 6.84. The summed E-state index contributed by atoms with van der Waals surface area (Å²) in [6, 6.07) is 4.80. The predicted octanol–water partition coefficient (Wildman–Crippen LogP) is 3.28. The van der Waals surface area contributed by atoms with E-state index in [0.29, 0.717) is 34.2 Å². The fraction of sp³-hybridized carbons (Fsp3) is 0.350. The molecule has 2 heterocycles. The van der Waals surface area contributed by atoms with Gasteiger partial charge >= 0.3 is 0 Å². The Morgan fingerprint density at radius 3 is 2.73 bits per heavy atom. The molecule has 1 unspecified atom stereocenters. The van der Waals surface area contributed by atoms with Crippen molar-refractivity contribution in [2.45, 2.75) is 26.3 Å². The molecule has 1 aliphatic heterocycles. The van der Waals surface area contributed by atoms with Gasteiger partial charge in [-0.2, -0.15) is 0 Å². The van der Waals surface area contributed by atoms with Crippen LogP contribution in [-0.4, -0.2) is 51.9 Å². The lowest BCUT2D eigenvalue weighted by Gasteiger charge is -2.26. The smallest absolute Gasteiger partial charge is 0.290 e. The Hall–Kier alpha value is -3.11. The highest BCUT2D eigenvalue weighted by Gasteiger charge is 2.44. The Morgan fingerprint density at radius 2 is 2.13 bits per heavy atom. The van der Waals surface area contributed by atoms with Crippen LogP contribution >= 0.6 is 11.3 Å².